The molecule has 1 aliphatic rings. The van der Waals surface area contributed by atoms with Crippen molar-refractivity contribution in [2.75, 3.05) is 13.1 Å². The molecule has 102 valence electrons. The Labute approximate surface area is 111 Å². The smallest absolute Gasteiger partial charge is 0.103 e. The third-order valence-electron chi connectivity index (χ3n) is 3.97. The highest BCUT2D eigenvalue weighted by atomic mass is 16.3. The number of piperazine rings is 1. The molecule has 0 aromatic carbocycles. The maximum atomic E-state index is 5.41. The summed E-state index contributed by atoms with van der Waals surface area (Å²) in [6.07, 6.45) is 3.95. The van der Waals surface area contributed by atoms with E-state index in [1.807, 2.05) is 6.07 Å². The number of hydrogen-bond donors (Lipinski definition) is 1. The first-order chi connectivity index (χ1) is 8.48. The van der Waals surface area contributed by atoms with Crippen LogP contribution in [0.1, 0.15) is 39.9 Å². The van der Waals surface area contributed by atoms with E-state index in [2.05, 4.69) is 44.0 Å². The Morgan fingerprint density at radius 3 is 3.00 bits per heavy atom. The van der Waals surface area contributed by atoms with Gasteiger partial charge in [-0.1, -0.05) is 0 Å². The van der Waals surface area contributed by atoms with Crippen LogP contribution in [0.4, 0.5) is 0 Å². The zero-order chi connectivity index (χ0) is 13.2. The van der Waals surface area contributed by atoms with Crippen molar-refractivity contribution in [3.8, 4) is 0 Å². The quantitative estimate of drug-likeness (QED) is 0.890. The van der Waals surface area contributed by atoms with E-state index >= 15 is 0 Å². The van der Waals surface area contributed by atoms with Gasteiger partial charge in [0, 0.05) is 37.1 Å². The first-order valence-corrected chi connectivity index (χ1v) is 7.01. The molecule has 0 bridgehead atoms. The number of hydrogen-bond acceptors (Lipinski definition) is 3. The Morgan fingerprint density at radius 2 is 2.33 bits per heavy atom. The maximum Gasteiger partial charge on any atom is 0.103 e. The van der Waals surface area contributed by atoms with Crippen LogP contribution in [0.25, 0.3) is 0 Å². The van der Waals surface area contributed by atoms with Crippen LogP contribution in [0.3, 0.4) is 0 Å². The lowest BCUT2D eigenvalue weighted by molar-refractivity contribution is 0.0653. The van der Waals surface area contributed by atoms with Crippen molar-refractivity contribution in [3.05, 3.63) is 24.2 Å². The second kappa shape index (κ2) is 5.45. The molecule has 1 N–H and O–H groups in total. The van der Waals surface area contributed by atoms with Crippen LogP contribution < -0.4 is 5.32 Å². The fourth-order valence-electron chi connectivity index (χ4n) is 2.77. The predicted octanol–water partition coefficient (Wildman–Crippen LogP) is 2.67. The summed E-state index contributed by atoms with van der Waals surface area (Å²) in [5, 5.41) is 3.60. The molecule has 0 spiro atoms. The lowest BCUT2D eigenvalue weighted by Gasteiger charge is -2.46. The second-order valence-electron chi connectivity index (χ2n) is 6.25. The number of rotatable bonds is 4. The normalized spacial score (nSPS) is 26.1. The van der Waals surface area contributed by atoms with Crippen molar-refractivity contribution in [1.29, 1.82) is 0 Å². The zero-order valence-electron chi connectivity index (χ0n) is 12.1. The van der Waals surface area contributed by atoms with Crippen molar-refractivity contribution in [1.82, 2.24) is 10.2 Å². The van der Waals surface area contributed by atoms with E-state index in [1.165, 1.54) is 0 Å². The molecule has 2 rings (SSSR count). The second-order valence-corrected chi connectivity index (χ2v) is 6.25. The van der Waals surface area contributed by atoms with Gasteiger partial charge >= 0.3 is 0 Å². The lowest BCUT2D eigenvalue weighted by atomic mass is 9.96. The van der Waals surface area contributed by atoms with Crippen LogP contribution in [0, 0.1) is 0 Å². The number of nitrogens with zero attached hydrogens (tertiary/aromatic N) is 1. The molecule has 0 radical (unpaired) electrons. The van der Waals surface area contributed by atoms with Crippen LogP contribution in [0.15, 0.2) is 22.8 Å². The summed E-state index contributed by atoms with van der Waals surface area (Å²) in [6.45, 7) is 11.4. The van der Waals surface area contributed by atoms with Gasteiger partial charge in [0.1, 0.15) is 5.76 Å². The topological polar surface area (TPSA) is 28.4 Å². The van der Waals surface area contributed by atoms with Gasteiger partial charge in [0.25, 0.3) is 0 Å². The molecule has 0 amide bonds. The van der Waals surface area contributed by atoms with Crippen molar-refractivity contribution < 1.29 is 4.42 Å². The predicted molar refractivity (Wildman–Crippen MR) is 74.7 cm³/mol. The Bertz CT molecular complexity index is 359. The first-order valence-electron chi connectivity index (χ1n) is 7.01. The molecule has 0 aliphatic carbocycles. The van der Waals surface area contributed by atoms with Gasteiger partial charge in [-0.3, -0.25) is 4.90 Å². The van der Waals surface area contributed by atoms with Gasteiger partial charge in [-0.05, 0) is 46.2 Å². The van der Waals surface area contributed by atoms with E-state index < -0.39 is 0 Å². The highest BCUT2D eigenvalue weighted by Gasteiger charge is 2.32. The van der Waals surface area contributed by atoms with Crippen LogP contribution in [0.5, 0.6) is 0 Å². The van der Waals surface area contributed by atoms with E-state index in [4.69, 9.17) is 4.42 Å². The SMILES string of the molecule is CC(CCc1ccco1)N1CC(C)(C)NCC1C. The largest absolute Gasteiger partial charge is 0.469 e. The van der Waals surface area contributed by atoms with Crippen molar-refractivity contribution in [2.45, 2.75) is 58.2 Å². The Kier molecular flexibility index (Phi) is 4.13. The summed E-state index contributed by atoms with van der Waals surface area (Å²) < 4.78 is 5.41. The summed E-state index contributed by atoms with van der Waals surface area (Å²) in [6, 6.07) is 5.25. The maximum absolute atomic E-state index is 5.41. The van der Waals surface area contributed by atoms with Crippen LogP contribution in [-0.2, 0) is 6.42 Å². The number of aryl methyl sites for hydroxylation is 1. The summed E-state index contributed by atoms with van der Waals surface area (Å²) in [5.74, 6) is 1.10. The van der Waals surface area contributed by atoms with Crippen LogP contribution in [-0.4, -0.2) is 35.6 Å². The Morgan fingerprint density at radius 1 is 1.56 bits per heavy atom. The lowest BCUT2D eigenvalue weighted by Crippen LogP contribution is -2.62. The molecule has 3 heteroatoms. The van der Waals surface area contributed by atoms with Gasteiger partial charge < -0.3 is 9.73 Å². The van der Waals surface area contributed by atoms with E-state index in [-0.39, 0.29) is 5.54 Å². The van der Waals surface area contributed by atoms with Crippen molar-refractivity contribution >= 4 is 0 Å². The molecule has 2 unspecified atom stereocenters. The number of nitrogens with one attached hydrogen (secondary N) is 1. The molecule has 2 atom stereocenters. The van der Waals surface area contributed by atoms with Gasteiger partial charge in [0.05, 0.1) is 6.26 Å². The third kappa shape index (κ3) is 3.36. The average Bonchev–Trinajstić information content (AvgIpc) is 2.82. The molecule has 1 aromatic heterocycles. The summed E-state index contributed by atoms with van der Waals surface area (Å²) in [4.78, 5) is 2.62. The van der Waals surface area contributed by atoms with E-state index in [0.29, 0.717) is 12.1 Å². The number of furan rings is 1. The molecular weight excluding hydrogens is 224 g/mol. The van der Waals surface area contributed by atoms with Gasteiger partial charge in [-0.2, -0.15) is 0 Å². The highest BCUT2D eigenvalue weighted by Crippen LogP contribution is 2.20. The minimum Gasteiger partial charge on any atom is -0.469 e. The van der Waals surface area contributed by atoms with Gasteiger partial charge in [0.2, 0.25) is 0 Å². The molecular formula is C15H26N2O. The monoisotopic (exact) mass is 250 g/mol. The highest BCUT2D eigenvalue weighted by molar-refractivity contribution is 4.99. The average molecular weight is 250 g/mol. The Hall–Kier alpha value is -0.800. The van der Waals surface area contributed by atoms with E-state index in [0.717, 1.165) is 31.7 Å². The minimum atomic E-state index is 0.228. The zero-order valence-corrected chi connectivity index (χ0v) is 12.1. The molecule has 1 aromatic rings. The van der Waals surface area contributed by atoms with Crippen LogP contribution in [0.2, 0.25) is 0 Å². The molecule has 3 nitrogen and oxygen atoms in total. The summed E-state index contributed by atoms with van der Waals surface area (Å²) in [7, 11) is 0. The molecule has 1 saturated heterocycles. The van der Waals surface area contributed by atoms with Gasteiger partial charge in [-0.25, -0.2) is 0 Å². The first kappa shape index (κ1) is 13.6. The van der Waals surface area contributed by atoms with E-state index in [1.54, 1.807) is 6.26 Å². The molecule has 1 fully saturated rings. The van der Waals surface area contributed by atoms with Crippen molar-refractivity contribution in [2.24, 2.45) is 0 Å². The Balaban J connectivity index is 1.88. The summed E-state index contributed by atoms with van der Waals surface area (Å²) in [5.41, 5.74) is 0.228. The van der Waals surface area contributed by atoms with E-state index in [9.17, 15) is 0 Å². The molecule has 0 saturated carbocycles. The minimum absolute atomic E-state index is 0.228. The fourth-order valence-corrected chi connectivity index (χ4v) is 2.77. The molecule has 2 heterocycles. The van der Waals surface area contributed by atoms with Gasteiger partial charge in [0.15, 0.2) is 0 Å². The molecule has 1 aliphatic heterocycles. The third-order valence-corrected chi connectivity index (χ3v) is 3.97. The molecule has 18 heavy (non-hydrogen) atoms. The standard InChI is InChI=1S/C15H26N2O/c1-12(7-8-14-6-5-9-18-14)17-11-15(3,4)16-10-13(17)2/h5-6,9,12-13,16H,7-8,10-11H2,1-4H3. The van der Waals surface area contributed by atoms with Crippen molar-refractivity contribution in [3.63, 3.8) is 0 Å². The van der Waals surface area contributed by atoms with Crippen LogP contribution >= 0.6 is 0 Å². The summed E-state index contributed by atoms with van der Waals surface area (Å²) >= 11 is 0. The van der Waals surface area contributed by atoms with Gasteiger partial charge in [-0.15, -0.1) is 0 Å². The fraction of sp³-hybridized carbons (Fsp3) is 0.733.